The molecule has 0 bridgehead atoms. The van der Waals surface area contributed by atoms with Crippen LogP contribution in [0.1, 0.15) is 0 Å². The molecular weight excluding hydrogens is 311 g/mol. The van der Waals surface area contributed by atoms with Gasteiger partial charge in [-0.2, -0.15) is 0 Å². The van der Waals surface area contributed by atoms with Crippen molar-refractivity contribution in [2.24, 2.45) is 0 Å². The zero-order valence-corrected chi connectivity index (χ0v) is 14.1. The second-order valence-corrected chi connectivity index (χ2v) is 7.93. The van der Waals surface area contributed by atoms with Crippen LogP contribution in [0.25, 0.3) is 0 Å². The van der Waals surface area contributed by atoms with Crippen LogP contribution in [0.2, 0.25) is 0 Å². The van der Waals surface area contributed by atoms with Crippen molar-refractivity contribution in [3.8, 4) is 0 Å². The highest BCUT2D eigenvalue weighted by Gasteiger charge is 2.46. The molecule has 3 aromatic rings. The Morgan fingerprint density at radius 3 is 1.05 bits per heavy atom. The molecule has 0 radical (unpaired) electrons. The van der Waals surface area contributed by atoms with Gasteiger partial charge in [-0.15, -0.1) is 12.4 Å². The topological polar surface area (TPSA) is 9.23 Å². The van der Waals surface area contributed by atoms with Crippen molar-refractivity contribution in [3.63, 3.8) is 0 Å². The van der Waals surface area contributed by atoms with E-state index in [1.165, 1.54) is 15.9 Å². The quantitative estimate of drug-likeness (QED) is 0.658. The van der Waals surface area contributed by atoms with Gasteiger partial charge in [0.2, 0.25) is 7.49 Å². The fourth-order valence-electron chi connectivity index (χ4n) is 2.68. The molecule has 3 heteroatoms. The third kappa shape index (κ3) is 2.94. The van der Waals surface area contributed by atoms with Gasteiger partial charge in [0.05, 0.1) is 7.11 Å². The molecule has 0 aliphatic heterocycles. The number of hydrogen-bond donors (Lipinski definition) is 0. The van der Waals surface area contributed by atoms with Crippen molar-refractivity contribution in [2.45, 2.75) is 0 Å². The summed E-state index contributed by atoms with van der Waals surface area (Å²) >= 11 is 0. The Morgan fingerprint density at radius 2 is 0.818 bits per heavy atom. The summed E-state index contributed by atoms with van der Waals surface area (Å²) in [5.74, 6) is 0. The van der Waals surface area contributed by atoms with Gasteiger partial charge in [0.15, 0.2) is 0 Å². The first-order valence-electron chi connectivity index (χ1n) is 6.99. The highest BCUT2D eigenvalue weighted by Crippen LogP contribution is 2.55. The summed E-state index contributed by atoms with van der Waals surface area (Å²) in [4.78, 5) is 0. The van der Waals surface area contributed by atoms with E-state index in [1.54, 1.807) is 0 Å². The van der Waals surface area contributed by atoms with Gasteiger partial charge in [-0.25, -0.2) is 4.52 Å². The maximum absolute atomic E-state index is 6.21. The number of rotatable bonds is 4. The van der Waals surface area contributed by atoms with Gasteiger partial charge in [0.1, 0.15) is 15.9 Å². The molecular formula is C19H19ClOP+. The van der Waals surface area contributed by atoms with E-state index in [-0.39, 0.29) is 12.4 Å². The molecule has 3 rings (SSSR count). The molecule has 3 aromatic carbocycles. The smallest absolute Gasteiger partial charge is 0.225 e. The minimum atomic E-state index is -2.03. The van der Waals surface area contributed by atoms with E-state index in [9.17, 15) is 0 Å². The minimum absolute atomic E-state index is 0. The molecule has 22 heavy (non-hydrogen) atoms. The summed E-state index contributed by atoms with van der Waals surface area (Å²) in [6.45, 7) is 0. The average Bonchev–Trinajstić information content (AvgIpc) is 2.59. The molecule has 0 aliphatic rings. The average molecular weight is 330 g/mol. The van der Waals surface area contributed by atoms with Crippen LogP contribution in [0.4, 0.5) is 0 Å². The first kappa shape index (κ1) is 16.7. The van der Waals surface area contributed by atoms with Gasteiger partial charge >= 0.3 is 0 Å². The van der Waals surface area contributed by atoms with E-state index in [0.29, 0.717) is 0 Å². The van der Waals surface area contributed by atoms with Gasteiger partial charge in [0, 0.05) is 0 Å². The third-order valence-corrected chi connectivity index (χ3v) is 7.26. The molecule has 0 fully saturated rings. The number of hydrogen-bond acceptors (Lipinski definition) is 1. The van der Waals surface area contributed by atoms with Crippen LogP contribution in [0, 0.1) is 0 Å². The molecule has 112 valence electrons. The predicted molar refractivity (Wildman–Crippen MR) is 99.4 cm³/mol. The maximum atomic E-state index is 6.21. The monoisotopic (exact) mass is 329 g/mol. The number of benzene rings is 3. The minimum Gasteiger partial charge on any atom is -0.225 e. The lowest BCUT2D eigenvalue weighted by atomic mass is 10.4. The lowest BCUT2D eigenvalue weighted by molar-refractivity contribution is 0.466. The Labute approximate surface area is 138 Å². The van der Waals surface area contributed by atoms with E-state index >= 15 is 0 Å². The summed E-state index contributed by atoms with van der Waals surface area (Å²) in [5.41, 5.74) is 0. The van der Waals surface area contributed by atoms with Crippen LogP contribution in [-0.2, 0) is 4.52 Å². The standard InChI is InChI=1S/C19H18OP.ClH/c1-20-21(17-11-5-2-6-12-17,18-13-7-3-8-14-18)19-15-9-4-10-16-19;/h2-16H,1H3;1H/q+1;. The molecule has 0 amide bonds. The van der Waals surface area contributed by atoms with E-state index in [0.717, 1.165) is 0 Å². The van der Waals surface area contributed by atoms with Crippen LogP contribution in [0.15, 0.2) is 91.0 Å². The molecule has 0 aliphatic carbocycles. The molecule has 0 unspecified atom stereocenters. The first-order valence-corrected chi connectivity index (χ1v) is 8.70. The summed E-state index contributed by atoms with van der Waals surface area (Å²) in [6, 6.07) is 31.6. The van der Waals surface area contributed by atoms with Crippen molar-refractivity contribution in [3.05, 3.63) is 91.0 Å². The fraction of sp³-hybridized carbons (Fsp3) is 0.0526. The highest BCUT2D eigenvalue weighted by molar-refractivity contribution is 7.91. The van der Waals surface area contributed by atoms with Gasteiger partial charge in [-0.05, 0) is 36.4 Å². The Hall–Kier alpha value is -1.66. The van der Waals surface area contributed by atoms with Gasteiger partial charge in [-0.1, -0.05) is 54.6 Å². The zero-order valence-electron chi connectivity index (χ0n) is 12.4. The van der Waals surface area contributed by atoms with Crippen molar-refractivity contribution in [1.29, 1.82) is 0 Å². The molecule has 0 spiro atoms. The van der Waals surface area contributed by atoms with Crippen LogP contribution in [0.5, 0.6) is 0 Å². The SMILES string of the molecule is CO[P+](c1ccccc1)(c1ccccc1)c1ccccc1.Cl. The first-order chi connectivity index (χ1) is 10.4. The maximum Gasteiger partial charge on any atom is 0.241 e. The van der Waals surface area contributed by atoms with Crippen LogP contribution >= 0.6 is 19.9 Å². The van der Waals surface area contributed by atoms with E-state index < -0.39 is 7.49 Å². The molecule has 0 saturated carbocycles. The third-order valence-electron chi connectivity index (χ3n) is 3.63. The van der Waals surface area contributed by atoms with Gasteiger partial charge in [-0.3, -0.25) is 0 Å². The largest absolute Gasteiger partial charge is 0.241 e. The lowest BCUT2D eigenvalue weighted by Crippen LogP contribution is -2.32. The van der Waals surface area contributed by atoms with E-state index in [4.69, 9.17) is 4.52 Å². The predicted octanol–water partition coefficient (Wildman–Crippen LogP) is 3.96. The van der Waals surface area contributed by atoms with Crippen LogP contribution in [0.3, 0.4) is 0 Å². The van der Waals surface area contributed by atoms with Gasteiger partial charge in [0.25, 0.3) is 0 Å². The Kier molecular flexibility index (Phi) is 5.74. The summed E-state index contributed by atoms with van der Waals surface area (Å²) in [7, 11) is -0.214. The molecule has 1 nitrogen and oxygen atoms in total. The Balaban J connectivity index is 0.00000176. The van der Waals surface area contributed by atoms with Crippen molar-refractivity contribution < 1.29 is 4.52 Å². The summed E-state index contributed by atoms with van der Waals surface area (Å²) < 4.78 is 6.21. The second-order valence-electron chi connectivity index (χ2n) is 4.80. The molecule has 0 heterocycles. The zero-order chi connectivity index (χ0) is 14.5. The molecule has 0 aromatic heterocycles. The summed E-state index contributed by atoms with van der Waals surface area (Å²) in [6.07, 6.45) is 0. The highest BCUT2D eigenvalue weighted by atomic mass is 35.5. The Morgan fingerprint density at radius 1 is 0.545 bits per heavy atom. The van der Waals surface area contributed by atoms with Crippen molar-refractivity contribution in [1.82, 2.24) is 0 Å². The lowest BCUT2D eigenvalue weighted by Gasteiger charge is -2.23. The van der Waals surface area contributed by atoms with E-state index in [2.05, 4.69) is 72.8 Å². The van der Waals surface area contributed by atoms with E-state index in [1.807, 2.05) is 25.3 Å². The molecule has 0 atom stereocenters. The van der Waals surface area contributed by atoms with Gasteiger partial charge < -0.3 is 0 Å². The van der Waals surface area contributed by atoms with Crippen LogP contribution < -0.4 is 15.9 Å². The Bertz CT molecular complexity index is 590. The van der Waals surface area contributed by atoms with Crippen LogP contribution in [-0.4, -0.2) is 7.11 Å². The van der Waals surface area contributed by atoms with Crippen molar-refractivity contribution >= 4 is 35.8 Å². The molecule has 0 N–H and O–H groups in total. The normalized spacial score (nSPS) is 10.8. The second kappa shape index (κ2) is 7.56. The summed E-state index contributed by atoms with van der Waals surface area (Å²) in [5, 5.41) is 3.72. The fourth-order valence-corrected chi connectivity index (χ4v) is 5.98. The molecule has 0 saturated heterocycles. The number of halogens is 1. The van der Waals surface area contributed by atoms with Crippen molar-refractivity contribution in [2.75, 3.05) is 7.11 Å².